The second-order valence-electron chi connectivity index (χ2n) is 4.58. The standard InChI is InChI=1S/C11H25NOS/c1-5-14-9-7-12-10(6-8-13)11(2,3)4/h10,12-13H,5-9H2,1-4H3. The number of rotatable bonds is 7. The average Bonchev–Trinajstić information content (AvgIpc) is 2.08. The highest BCUT2D eigenvalue weighted by Gasteiger charge is 2.22. The summed E-state index contributed by atoms with van der Waals surface area (Å²) in [6.07, 6.45) is 0.848. The topological polar surface area (TPSA) is 32.3 Å². The average molecular weight is 219 g/mol. The molecule has 0 aromatic heterocycles. The summed E-state index contributed by atoms with van der Waals surface area (Å²) in [5.41, 5.74) is 0.236. The summed E-state index contributed by atoms with van der Waals surface area (Å²) >= 11 is 1.95. The third-order valence-electron chi connectivity index (χ3n) is 2.30. The lowest BCUT2D eigenvalue weighted by atomic mass is 9.85. The van der Waals surface area contributed by atoms with E-state index >= 15 is 0 Å². The van der Waals surface area contributed by atoms with Gasteiger partial charge in [0.15, 0.2) is 0 Å². The minimum Gasteiger partial charge on any atom is -0.396 e. The largest absolute Gasteiger partial charge is 0.396 e. The van der Waals surface area contributed by atoms with Gasteiger partial charge in [0.25, 0.3) is 0 Å². The third kappa shape index (κ3) is 6.68. The Hall–Kier alpha value is 0.270. The van der Waals surface area contributed by atoms with E-state index in [9.17, 15) is 0 Å². The first kappa shape index (κ1) is 14.3. The van der Waals surface area contributed by atoms with Crippen LogP contribution in [0.2, 0.25) is 0 Å². The zero-order chi connectivity index (χ0) is 11.0. The summed E-state index contributed by atoms with van der Waals surface area (Å²) < 4.78 is 0. The van der Waals surface area contributed by atoms with Crippen LogP contribution in [0.3, 0.4) is 0 Å². The van der Waals surface area contributed by atoms with Gasteiger partial charge in [0, 0.05) is 24.9 Å². The van der Waals surface area contributed by atoms with E-state index in [1.54, 1.807) is 0 Å². The molecule has 0 saturated heterocycles. The third-order valence-corrected chi connectivity index (χ3v) is 3.21. The van der Waals surface area contributed by atoms with E-state index < -0.39 is 0 Å². The zero-order valence-corrected chi connectivity index (χ0v) is 10.8. The Labute approximate surface area is 92.9 Å². The summed E-state index contributed by atoms with van der Waals surface area (Å²) in [4.78, 5) is 0. The van der Waals surface area contributed by atoms with Gasteiger partial charge in [-0.2, -0.15) is 11.8 Å². The quantitative estimate of drug-likeness (QED) is 0.643. The molecule has 1 atom stereocenters. The number of hydrogen-bond acceptors (Lipinski definition) is 3. The highest BCUT2D eigenvalue weighted by Crippen LogP contribution is 2.21. The minimum atomic E-state index is 0.236. The van der Waals surface area contributed by atoms with Crippen LogP contribution in [-0.4, -0.2) is 35.8 Å². The molecule has 0 saturated carbocycles. The Kier molecular flexibility index (Phi) is 7.69. The first-order chi connectivity index (χ1) is 6.52. The van der Waals surface area contributed by atoms with Gasteiger partial charge >= 0.3 is 0 Å². The Morgan fingerprint density at radius 3 is 2.43 bits per heavy atom. The molecular weight excluding hydrogens is 194 g/mol. The van der Waals surface area contributed by atoms with E-state index in [1.807, 2.05) is 11.8 Å². The van der Waals surface area contributed by atoms with Crippen molar-refractivity contribution in [2.45, 2.75) is 40.2 Å². The maximum atomic E-state index is 8.96. The van der Waals surface area contributed by atoms with Crippen molar-refractivity contribution in [1.29, 1.82) is 0 Å². The first-order valence-corrected chi connectivity index (χ1v) is 6.59. The molecule has 0 heterocycles. The molecule has 0 rings (SSSR count). The summed E-state index contributed by atoms with van der Waals surface area (Å²) in [5, 5.41) is 12.5. The molecule has 1 unspecified atom stereocenters. The van der Waals surface area contributed by atoms with E-state index in [0.29, 0.717) is 6.04 Å². The van der Waals surface area contributed by atoms with Crippen molar-refractivity contribution in [2.24, 2.45) is 5.41 Å². The summed E-state index contributed by atoms with van der Waals surface area (Å²) in [6, 6.07) is 0.421. The molecule has 0 aromatic rings. The fourth-order valence-electron chi connectivity index (χ4n) is 1.42. The van der Waals surface area contributed by atoms with Crippen molar-refractivity contribution in [2.75, 3.05) is 24.7 Å². The smallest absolute Gasteiger partial charge is 0.0446 e. The lowest BCUT2D eigenvalue weighted by Gasteiger charge is -2.31. The molecule has 2 nitrogen and oxygen atoms in total. The monoisotopic (exact) mass is 219 g/mol. The van der Waals surface area contributed by atoms with Crippen LogP contribution in [0.4, 0.5) is 0 Å². The van der Waals surface area contributed by atoms with Crippen LogP contribution in [0.25, 0.3) is 0 Å². The Bertz CT molecular complexity index is 134. The maximum Gasteiger partial charge on any atom is 0.0446 e. The van der Waals surface area contributed by atoms with Crippen LogP contribution in [0.1, 0.15) is 34.1 Å². The van der Waals surface area contributed by atoms with E-state index in [0.717, 1.165) is 18.7 Å². The molecule has 3 heteroatoms. The molecular formula is C11H25NOS. The molecule has 0 aromatic carbocycles. The number of nitrogens with one attached hydrogen (secondary N) is 1. The van der Waals surface area contributed by atoms with Crippen LogP contribution in [0.15, 0.2) is 0 Å². The summed E-state index contributed by atoms with van der Waals surface area (Å²) in [5.74, 6) is 2.34. The van der Waals surface area contributed by atoms with Gasteiger partial charge in [0.05, 0.1) is 0 Å². The van der Waals surface area contributed by atoms with Gasteiger partial charge in [-0.05, 0) is 17.6 Å². The molecule has 0 fully saturated rings. The van der Waals surface area contributed by atoms with E-state index in [1.165, 1.54) is 5.75 Å². The number of hydrogen-bond donors (Lipinski definition) is 2. The van der Waals surface area contributed by atoms with Gasteiger partial charge < -0.3 is 10.4 Å². The van der Waals surface area contributed by atoms with E-state index in [2.05, 4.69) is 33.0 Å². The van der Waals surface area contributed by atoms with Gasteiger partial charge in [-0.3, -0.25) is 0 Å². The molecule has 14 heavy (non-hydrogen) atoms. The second kappa shape index (κ2) is 7.55. The van der Waals surface area contributed by atoms with Crippen molar-refractivity contribution in [3.8, 4) is 0 Å². The Balaban J connectivity index is 3.74. The fraction of sp³-hybridized carbons (Fsp3) is 1.00. The normalized spacial score (nSPS) is 14.4. The molecule has 0 aliphatic carbocycles. The van der Waals surface area contributed by atoms with Gasteiger partial charge in [0.1, 0.15) is 0 Å². The lowest BCUT2D eigenvalue weighted by molar-refractivity contribution is 0.200. The van der Waals surface area contributed by atoms with Crippen molar-refractivity contribution in [3.63, 3.8) is 0 Å². The van der Waals surface area contributed by atoms with Crippen molar-refractivity contribution in [3.05, 3.63) is 0 Å². The summed E-state index contributed by atoms with van der Waals surface area (Å²) in [6.45, 7) is 10.1. The van der Waals surface area contributed by atoms with Crippen molar-refractivity contribution >= 4 is 11.8 Å². The minimum absolute atomic E-state index is 0.236. The Morgan fingerprint density at radius 1 is 1.36 bits per heavy atom. The SMILES string of the molecule is CCSCCNC(CCO)C(C)(C)C. The van der Waals surface area contributed by atoms with Gasteiger partial charge in [0.2, 0.25) is 0 Å². The molecule has 86 valence electrons. The van der Waals surface area contributed by atoms with Crippen LogP contribution >= 0.6 is 11.8 Å². The number of aliphatic hydroxyl groups excluding tert-OH is 1. The molecule has 0 bridgehead atoms. The van der Waals surface area contributed by atoms with Crippen LogP contribution in [0.5, 0.6) is 0 Å². The van der Waals surface area contributed by atoms with Crippen LogP contribution < -0.4 is 5.32 Å². The van der Waals surface area contributed by atoms with Crippen LogP contribution in [0, 0.1) is 5.41 Å². The highest BCUT2D eigenvalue weighted by atomic mass is 32.2. The predicted octanol–water partition coefficient (Wildman–Crippen LogP) is 2.13. The first-order valence-electron chi connectivity index (χ1n) is 5.44. The molecule has 2 N–H and O–H groups in total. The van der Waals surface area contributed by atoms with E-state index in [4.69, 9.17) is 5.11 Å². The highest BCUT2D eigenvalue weighted by molar-refractivity contribution is 7.99. The molecule has 0 aliphatic heterocycles. The molecule has 0 radical (unpaired) electrons. The van der Waals surface area contributed by atoms with Crippen LogP contribution in [-0.2, 0) is 0 Å². The van der Waals surface area contributed by atoms with Gasteiger partial charge in [-0.15, -0.1) is 0 Å². The second-order valence-corrected chi connectivity index (χ2v) is 5.98. The lowest BCUT2D eigenvalue weighted by Crippen LogP contribution is -2.42. The predicted molar refractivity (Wildman–Crippen MR) is 65.9 cm³/mol. The Morgan fingerprint density at radius 2 is 2.00 bits per heavy atom. The summed E-state index contributed by atoms with van der Waals surface area (Å²) in [7, 11) is 0. The molecule has 0 amide bonds. The molecule has 0 aliphatic rings. The number of thioether (sulfide) groups is 1. The van der Waals surface area contributed by atoms with Crippen molar-refractivity contribution in [1.82, 2.24) is 5.32 Å². The molecule has 0 spiro atoms. The van der Waals surface area contributed by atoms with Gasteiger partial charge in [-0.1, -0.05) is 27.7 Å². The van der Waals surface area contributed by atoms with Gasteiger partial charge in [-0.25, -0.2) is 0 Å². The zero-order valence-electron chi connectivity index (χ0n) is 9.97. The van der Waals surface area contributed by atoms with E-state index in [-0.39, 0.29) is 12.0 Å². The number of aliphatic hydroxyl groups is 1. The maximum absolute atomic E-state index is 8.96. The fourth-order valence-corrected chi connectivity index (χ4v) is 1.97. The van der Waals surface area contributed by atoms with Crippen molar-refractivity contribution < 1.29 is 5.11 Å².